The second-order valence-electron chi connectivity index (χ2n) is 6.99. The van der Waals surface area contributed by atoms with Crippen LogP contribution in [0.5, 0.6) is 0 Å². The van der Waals surface area contributed by atoms with E-state index in [2.05, 4.69) is 5.43 Å². The Hall–Kier alpha value is -4.66. The predicted molar refractivity (Wildman–Crippen MR) is 117 cm³/mol. The quantitative estimate of drug-likeness (QED) is 0.338. The van der Waals surface area contributed by atoms with E-state index in [9.17, 15) is 19.2 Å². The van der Waals surface area contributed by atoms with E-state index in [-0.39, 0.29) is 23.5 Å². The van der Waals surface area contributed by atoms with Crippen molar-refractivity contribution in [1.29, 1.82) is 0 Å². The number of carbonyl (C=O) groups is 4. The van der Waals surface area contributed by atoms with Crippen LogP contribution in [0.1, 0.15) is 33.4 Å². The number of nitrogens with one attached hydrogen (secondary N) is 1. The summed E-state index contributed by atoms with van der Waals surface area (Å²) in [5, 5.41) is 10.2. The minimum absolute atomic E-state index is 0.110. The number of nitrogens with zero attached hydrogens (tertiary/aromatic N) is 1. The second-order valence-corrected chi connectivity index (χ2v) is 6.99. The number of amides is 2. The van der Waals surface area contributed by atoms with Crippen molar-refractivity contribution in [2.24, 2.45) is 0 Å². The summed E-state index contributed by atoms with van der Waals surface area (Å²) in [6.45, 7) is 1.95. The van der Waals surface area contributed by atoms with Crippen LogP contribution in [0.25, 0.3) is 17.4 Å². The molecule has 1 aliphatic heterocycles. The van der Waals surface area contributed by atoms with Gasteiger partial charge >= 0.3 is 11.9 Å². The topological polar surface area (TPSA) is 126 Å². The van der Waals surface area contributed by atoms with Gasteiger partial charge in [-0.2, -0.15) is 0 Å². The van der Waals surface area contributed by atoms with Crippen LogP contribution in [0.15, 0.2) is 70.7 Å². The Labute approximate surface area is 187 Å². The molecule has 0 unspecified atom stereocenters. The van der Waals surface area contributed by atoms with E-state index in [1.165, 1.54) is 42.5 Å². The summed E-state index contributed by atoms with van der Waals surface area (Å²) in [6, 6.07) is 15.5. The van der Waals surface area contributed by atoms with Crippen LogP contribution >= 0.6 is 0 Å². The maximum Gasteiger partial charge on any atom is 0.338 e. The number of rotatable bonds is 6. The molecule has 0 aliphatic carbocycles. The molecule has 9 heteroatoms. The third-order valence-corrected chi connectivity index (χ3v) is 4.84. The second kappa shape index (κ2) is 8.83. The third-order valence-electron chi connectivity index (χ3n) is 4.84. The number of aromatic carboxylic acids is 1. The van der Waals surface area contributed by atoms with Gasteiger partial charge in [0.2, 0.25) is 0 Å². The average molecular weight is 446 g/mol. The summed E-state index contributed by atoms with van der Waals surface area (Å²) in [4.78, 5) is 48.2. The van der Waals surface area contributed by atoms with E-state index in [1.54, 1.807) is 31.2 Å². The lowest BCUT2D eigenvalue weighted by atomic mass is 10.1. The highest BCUT2D eigenvalue weighted by atomic mass is 16.5. The molecular weight excluding hydrogens is 428 g/mol. The molecule has 2 heterocycles. The molecule has 9 nitrogen and oxygen atoms in total. The number of hydrogen-bond donors (Lipinski definition) is 2. The van der Waals surface area contributed by atoms with Crippen LogP contribution in [0, 0.1) is 0 Å². The Kier molecular flexibility index (Phi) is 5.77. The van der Waals surface area contributed by atoms with Crippen LogP contribution in [-0.2, 0) is 14.3 Å². The van der Waals surface area contributed by atoms with Crippen LogP contribution in [0.4, 0.5) is 5.69 Å². The maximum atomic E-state index is 12.8. The molecule has 0 spiro atoms. The van der Waals surface area contributed by atoms with E-state index in [0.717, 1.165) is 5.01 Å². The first kappa shape index (κ1) is 21.6. The van der Waals surface area contributed by atoms with E-state index >= 15 is 0 Å². The minimum Gasteiger partial charge on any atom is -0.478 e. The fourth-order valence-electron chi connectivity index (χ4n) is 3.23. The monoisotopic (exact) mass is 446 g/mol. The zero-order valence-corrected chi connectivity index (χ0v) is 17.4. The average Bonchev–Trinajstić information content (AvgIpc) is 3.40. The Morgan fingerprint density at radius 3 is 2.52 bits per heavy atom. The Morgan fingerprint density at radius 1 is 1.06 bits per heavy atom. The van der Waals surface area contributed by atoms with E-state index in [0.29, 0.717) is 22.6 Å². The molecule has 0 atom stereocenters. The molecule has 166 valence electrons. The standard InChI is InChI=1S/C24H18N2O7/c1-2-32-24(31)14-6-8-17(9-7-14)26-22(28)19(21(27)25-26)13-18-10-11-20(33-18)15-4-3-5-16(12-15)23(29)30/h3-13H,2H2,1H3,(H,25,27)(H,29,30)/b19-13-. The van der Waals surface area contributed by atoms with Crippen molar-refractivity contribution < 1.29 is 33.4 Å². The summed E-state index contributed by atoms with van der Waals surface area (Å²) in [5.74, 6) is -2.10. The summed E-state index contributed by atoms with van der Waals surface area (Å²) < 4.78 is 10.6. The number of anilines is 1. The lowest BCUT2D eigenvalue weighted by Gasteiger charge is -2.14. The lowest BCUT2D eigenvalue weighted by Crippen LogP contribution is -2.35. The SMILES string of the molecule is CCOC(=O)c1ccc(N2NC(=O)/C(=C/c3ccc(-c4cccc(C(=O)O)c4)o3)C2=O)cc1. The summed E-state index contributed by atoms with van der Waals surface area (Å²) in [7, 11) is 0. The van der Waals surface area contributed by atoms with Gasteiger partial charge in [0.05, 0.1) is 23.4 Å². The number of ether oxygens (including phenoxy) is 1. The number of carboxylic acids is 1. The van der Waals surface area contributed by atoms with Gasteiger partial charge in [-0.05, 0) is 61.5 Å². The van der Waals surface area contributed by atoms with Gasteiger partial charge in [0, 0.05) is 5.56 Å². The molecule has 4 rings (SSSR count). The van der Waals surface area contributed by atoms with E-state index in [1.807, 2.05) is 0 Å². The highest BCUT2D eigenvalue weighted by molar-refractivity contribution is 6.31. The summed E-state index contributed by atoms with van der Waals surface area (Å²) in [5.41, 5.74) is 3.69. The molecular formula is C24H18N2O7. The molecule has 2 aromatic carbocycles. The van der Waals surface area contributed by atoms with E-state index < -0.39 is 23.8 Å². The molecule has 0 bridgehead atoms. The number of hydrogen-bond acceptors (Lipinski definition) is 6. The Morgan fingerprint density at radius 2 is 1.82 bits per heavy atom. The first-order valence-electron chi connectivity index (χ1n) is 9.95. The lowest BCUT2D eigenvalue weighted by molar-refractivity contribution is -0.117. The minimum atomic E-state index is -1.06. The van der Waals surface area contributed by atoms with E-state index in [4.69, 9.17) is 14.3 Å². The molecule has 2 amide bonds. The Bertz CT molecular complexity index is 1290. The molecule has 2 N–H and O–H groups in total. The highest BCUT2D eigenvalue weighted by Gasteiger charge is 2.34. The van der Waals surface area contributed by atoms with Crippen molar-refractivity contribution in [3.63, 3.8) is 0 Å². The van der Waals surface area contributed by atoms with Crippen LogP contribution in [-0.4, -0.2) is 35.5 Å². The van der Waals surface area contributed by atoms with Crippen molar-refractivity contribution in [1.82, 2.24) is 5.43 Å². The molecule has 0 saturated carbocycles. The zero-order valence-electron chi connectivity index (χ0n) is 17.4. The molecule has 3 aromatic rings. The fourth-order valence-corrected chi connectivity index (χ4v) is 3.23. The van der Waals surface area contributed by atoms with Gasteiger partial charge in [-0.1, -0.05) is 12.1 Å². The van der Waals surface area contributed by atoms with Crippen molar-refractivity contribution >= 4 is 35.5 Å². The smallest absolute Gasteiger partial charge is 0.338 e. The maximum absolute atomic E-state index is 12.8. The molecule has 1 aliphatic rings. The number of hydrazine groups is 1. The zero-order chi connectivity index (χ0) is 23.5. The third kappa shape index (κ3) is 4.38. The van der Waals surface area contributed by atoms with Gasteiger partial charge < -0.3 is 14.3 Å². The van der Waals surface area contributed by atoms with Gasteiger partial charge in [0.1, 0.15) is 17.1 Å². The van der Waals surface area contributed by atoms with Crippen molar-refractivity contribution in [2.45, 2.75) is 6.92 Å². The fraction of sp³-hybridized carbons (Fsp3) is 0.0833. The van der Waals surface area contributed by atoms with Crippen LogP contribution < -0.4 is 10.4 Å². The first-order valence-corrected chi connectivity index (χ1v) is 9.95. The summed E-state index contributed by atoms with van der Waals surface area (Å²) >= 11 is 0. The number of carbonyl (C=O) groups excluding carboxylic acids is 3. The normalized spacial score (nSPS) is 14.5. The van der Waals surface area contributed by atoms with Gasteiger partial charge in [-0.25, -0.2) is 14.6 Å². The first-order chi connectivity index (χ1) is 15.9. The molecule has 1 aromatic heterocycles. The number of esters is 1. The van der Waals surface area contributed by atoms with Gasteiger partial charge in [-0.15, -0.1) is 0 Å². The van der Waals surface area contributed by atoms with Crippen molar-refractivity contribution in [3.8, 4) is 11.3 Å². The molecule has 1 saturated heterocycles. The molecule has 33 heavy (non-hydrogen) atoms. The van der Waals surface area contributed by atoms with Crippen molar-refractivity contribution in [2.75, 3.05) is 11.6 Å². The number of benzene rings is 2. The van der Waals surface area contributed by atoms with Crippen LogP contribution in [0.3, 0.4) is 0 Å². The summed E-state index contributed by atoms with van der Waals surface area (Å²) in [6.07, 6.45) is 1.31. The number of carboxylic acid groups (broad SMARTS) is 1. The van der Waals surface area contributed by atoms with Gasteiger partial charge in [0.25, 0.3) is 11.8 Å². The van der Waals surface area contributed by atoms with Gasteiger partial charge in [0.15, 0.2) is 0 Å². The number of furan rings is 1. The largest absolute Gasteiger partial charge is 0.478 e. The predicted octanol–water partition coefficient (Wildman–Crippen LogP) is 3.28. The van der Waals surface area contributed by atoms with Gasteiger partial charge in [-0.3, -0.25) is 15.0 Å². The van der Waals surface area contributed by atoms with Crippen molar-refractivity contribution in [3.05, 3.63) is 83.1 Å². The molecule has 0 radical (unpaired) electrons. The highest BCUT2D eigenvalue weighted by Crippen LogP contribution is 2.26. The molecule has 1 fully saturated rings. The van der Waals surface area contributed by atoms with Crippen LogP contribution in [0.2, 0.25) is 0 Å². The Balaban J connectivity index is 1.55.